The normalized spacial score (nSPS) is 11.0. The van der Waals surface area contributed by atoms with Crippen molar-refractivity contribution in [2.24, 2.45) is 10.2 Å². The lowest BCUT2D eigenvalue weighted by Crippen LogP contribution is -2.16. The van der Waals surface area contributed by atoms with Gasteiger partial charge in [-0.1, -0.05) is 84.9 Å². The molecule has 0 amide bonds. The molecule has 5 rings (SSSR count). The van der Waals surface area contributed by atoms with Crippen molar-refractivity contribution in [1.82, 2.24) is 14.8 Å². The molecule has 0 atom stereocenters. The minimum Gasteiger partial charge on any atom is -0.265 e. The van der Waals surface area contributed by atoms with Crippen molar-refractivity contribution in [1.29, 1.82) is 0 Å². The van der Waals surface area contributed by atoms with E-state index in [2.05, 4.69) is 15.2 Å². The predicted molar refractivity (Wildman–Crippen MR) is 128 cm³/mol. The van der Waals surface area contributed by atoms with Crippen LogP contribution in [0.15, 0.2) is 126 Å². The summed E-state index contributed by atoms with van der Waals surface area (Å²) in [6.07, 6.45) is 1.59. The minimum atomic E-state index is -0.340. The number of hydrogen-bond donors (Lipinski definition) is 0. The van der Waals surface area contributed by atoms with Crippen molar-refractivity contribution >= 4 is 17.3 Å². The molecule has 2 aromatic heterocycles. The number of benzene rings is 3. The third-order valence-corrected chi connectivity index (χ3v) is 5.05. The van der Waals surface area contributed by atoms with Crippen LogP contribution in [-0.4, -0.2) is 20.7 Å². The van der Waals surface area contributed by atoms with Crippen LogP contribution >= 0.6 is 0 Å². The van der Waals surface area contributed by atoms with Gasteiger partial charge in [0.15, 0.2) is 0 Å². The van der Waals surface area contributed by atoms with Gasteiger partial charge in [0.05, 0.1) is 5.69 Å². The van der Waals surface area contributed by atoms with Gasteiger partial charge in [0.1, 0.15) is 22.8 Å². The fraction of sp³-hybridized carbons (Fsp3) is 0. The Kier molecular flexibility index (Phi) is 5.63. The molecule has 0 saturated carbocycles. The molecule has 0 fully saturated rings. The number of azo groups is 1. The summed E-state index contributed by atoms with van der Waals surface area (Å²) in [5.74, 6) is -0.340. The van der Waals surface area contributed by atoms with Crippen LogP contribution in [0.5, 0.6) is 0 Å². The van der Waals surface area contributed by atoms with Gasteiger partial charge in [0.2, 0.25) is 0 Å². The molecule has 0 unspecified atom stereocenters. The SMILES string of the molecule is O=C(c1ccccn1)n1nc(-c2ccccc2)c(N=Nc2ccccc2)c1-c1ccccc1. The molecule has 0 spiro atoms. The maximum atomic E-state index is 13.5. The Balaban J connectivity index is 1.77. The second-order valence-electron chi connectivity index (χ2n) is 7.25. The summed E-state index contributed by atoms with van der Waals surface area (Å²) in [5.41, 5.74) is 4.29. The number of hydrogen-bond acceptors (Lipinski definition) is 5. The van der Waals surface area contributed by atoms with Gasteiger partial charge in [-0.05, 0) is 24.3 Å². The number of pyridine rings is 1. The zero-order valence-electron chi connectivity index (χ0n) is 17.6. The number of aromatic nitrogens is 3. The largest absolute Gasteiger partial charge is 0.297 e. The molecule has 5 aromatic rings. The molecular weight excluding hydrogens is 410 g/mol. The number of nitrogens with zero attached hydrogens (tertiary/aromatic N) is 5. The lowest BCUT2D eigenvalue weighted by molar-refractivity contribution is 0.0942. The first-order valence-electron chi connectivity index (χ1n) is 10.5. The molecule has 0 aliphatic heterocycles. The van der Waals surface area contributed by atoms with Crippen LogP contribution in [0, 0.1) is 0 Å². The zero-order valence-corrected chi connectivity index (χ0v) is 17.6. The number of rotatable bonds is 5. The Morgan fingerprint density at radius 2 is 1.27 bits per heavy atom. The van der Waals surface area contributed by atoms with Crippen molar-refractivity contribution in [3.05, 3.63) is 121 Å². The Morgan fingerprint density at radius 3 is 1.91 bits per heavy atom. The van der Waals surface area contributed by atoms with Crippen LogP contribution in [0.4, 0.5) is 11.4 Å². The average molecular weight is 429 g/mol. The highest BCUT2D eigenvalue weighted by Gasteiger charge is 2.25. The topological polar surface area (TPSA) is 72.5 Å². The second-order valence-corrected chi connectivity index (χ2v) is 7.25. The van der Waals surface area contributed by atoms with E-state index in [0.717, 1.165) is 11.1 Å². The lowest BCUT2D eigenvalue weighted by Gasteiger charge is -2.06. The summed E-state index contributed by atoms with van der Waals surface area (Å²) in [4.78, 5) is 17.7. The van der Waals surface area contributed by atoms with Crippen molar-refractivity contribution in [2.75, 3.05) is 0 Å². The lowest BCUT2D eigenvalue weighted by atomic mass is 10.1. The number of carbonyl (C=O) groups is 1. The fourth-order valence-electron chi connectivity index (χ4n) is 3.50. The highest BCUT2D eigenvalue weighted by atomic mass is 16.2. The van der Waals surface area contributed by atoms with Gasteiger partial charge in [-0.15, -0.1) is 5.11 Å². The standard InChI is InChI=1S/C27H19N5O/c33-27(23-18-10-11-19-28-23)32-26(21-14-6-2-7-15-21)25(30-29-22-16-8-3-9-17-22)24(31-32)20-12-4-1-5-13-20/h1-19H. The van der Waals surface area contributed by atoms with E-state index in [0.29, 0.717) is 28.5 Å². The Bertz CT molecular complexity index is 1400. The molecule has 0 N–H and O–H groups in total. The summed E-state index contributed by atoms with van der Waals surface area (Å²) in [6.45, 7) is 0. The van der Waals surface area contributed by atoms with E-state index >= 15 is 0 Å². The van der Waals surface area contributed by atoms with Gasteiger partial charge in [-0.25, -0.2) is 0 Å². The van der Waals surface area contributed by atoms with Gasteiger partial charge in [-0.3, -0.25) is 9.78 Å². The molecule has 0 bridgehead atoms. The molecule has 2 heterocycles. The molecule has 0 radical (unpaired) electrons. The van der Waals surface area contributed by atoms with E-state index in [1.165, 1.54) is 4.68 Å². The van der Waals surface area contributed by atoms with Gasteiger partial charge < -0.3 is 0 Å². The van der Waals surface area contributed by atoms with Crippen LogP contribution in [0.25, 0.3) is 22.5 Å². The van der Waals surface area contributed by atoms with Crippen molar-refractivity contribution in [3.8, 4) is 22.5 Å². The molecule has 6 heteroatoms. The first-order chi connectivity index (χ1) is 16.3. The highest BCUT2D eigenvalue weighted by Crippen LogP contribution is 2.40. The van der Waals surface area contributed by atoms with Crippen LogP contribution < -0.4 is 0 Å². The van der Waals surface area contributed by atoms with E-state index in [-0.39, 0.29) is 5.91 Å². The van der Waals surface area contributed by atoms with Gasteiger partial charge in [0, 0.05) is 17.3 Å². The molecule has 0 aliphatic carbocycles. The summed E-state index contributed by atoms with van der Waals surface area (Å²) < 4.78 is 1.37. The van der Waals surface area contributed by atoms with Gasteiger partial charge >= 0.3 is 0 Å². The predicted octanol–water partition coefficient (Wildman–Crippen LogP) is 6.72. The first kappa shape index (κ1) is 20.2. The van der Waals surface area contributed by atoms with Gasteiger partial charge in [-0.2, -0.15) is 14.9 Å². The molecular formula is C27H19N5O. The second kappa shape index (κ2) is 9.20. The van der Waals surface area contributed by atoms with Crippen molar-refractivity contribution < 1.29 is 4.79 Å². The molecule has 3 aromatic carbocycles. The molecule has 33 heavy (non-hydrogen) atoms. The van der Waals surface area contributed by atoms with E-state index < -0.39 is 0 Å². The van der Waals surface area contributed by atoms with E-state index in [1.807, 2.05) is 91.0 Å². The Morgan fingerprint density at radius 1 is 0.667 bits per heavy atom. The Hall–Kier alpha value is -4.71. The Labute approximate surface area is 190 Å². The van der Waals surface area contributed by atoms with E-state index in [4.69, 9.17) is 5.10 Å². The van der Waals surface area contributed by atoms with Crippen molar-refractivity contribution in [3.63, 3.8) is 0 Å². The summed E-state index contributed by atoms with van der Waals surface area (Å²) in [5, 5.41) is 13.8. The molecule has 6 nitrogen and oxygen atoms in total. The smallest absolute Gasteiger partial charge is 0.265 e. The quantitative estimate of drug-likeness (QED) is 0.291. The van der Waals surface area contributed by atoms with Crippen LogP contribution in [-0.2, 0) is 0 Å². The maximum Gasteiger partial charge on any atom is 0.297 e. The first-order valence-corrected chi connectivity index (χ1v) is 10.5. The van der Waals surface area contributed by atoms with E-state index in [1.54, 1.807) is 24.4 Å². The monoisotopic (exact) mass is 429 g/mol. The average Bonchev–Trinajstić information content (AvgIpc) is 3.28. The third kappa shape index (κ3) is 4.22. The van der Waals surface area contributed by atoms with Crippen LogP contribution in [0.1, 0.15) is 10.5 Å². The molecule has 0 aliphatic rings. The third-order valence-electron chi connectivity index (χ3n) is 5.05. The fourth-order valence-corrected chi connectivity index (χ4v) is 3.50. The van der Waals surface area contributed by atoms with Crippen LogP contribution in [0.2, 0.25) is 0 Å². The molecule has 158 valence electrons. The minimum absolute atomic E-state index is 0.295. The summed E-state index contributed by atoms with van der Waals surface area (Å²) >= 11 is 0. The van der Waals surface area contributed by atoms with Crippen LogP contribution in [0.3, 0.4) is 0 Å². The maximum absolute atomic E-state index is 13.5. The highest BCUT2D eigenvalue weighted by molar-refractivity contribution is 5.99. The zero-order chi connectivity index (χ0) is 22.5. The summed E-state index contributed by atoms with van der Waals surface area (Å²) in [7, 11) is 0. The van der Waals surface area contributed by atoms with E-state index in [9.17, 15) is 4.79 Å². The summed E-state index contributed by atoms with van der Waals surface area (Å²) in [6, 6.07) is 34.0. The van der Waals surface area contributed by atoms with Gasteiger partial charge in [0.25, 0.3) is 5.91 Å². The number of carbonyl (C=O) groups excluding carboxylic acids is 1. The van der Waals surface area contributed by atoms with Crippen molar-refractivity contribution in [2.45, 2.75) is 0 Å². The molecule has 0 saturated heterocycles.